The first-order chi connectivity index (χ1) is 15.3. The monoisotopic (exact) mass is 444 g/mol. The van der Waals surface area contributed by atoms with Crippen molar-refractivity contribution in [2.24, 2.45) is 0 Å². The molecule has 0 unspecified atom stereocenters. The fourth-order valence-electron chi connectivity index (χ4n) is 3.81. The summed E-state index contributed by atoms with van der Waals surface area (Å²) in [7, 11) is 0. The van der Waals surface area contributed by atoms with Crippen LogP contribution in [0.5, 0.6) is 0 Å². The van der Waals surface area contributed by atoms with Gasteiger partial charge in [-0.2, -0.15) is 13.2 Å². The van der Waals surface area contributed by atoms with E-state index in [1.54, 1.807) is 0 Å². The zero-order chi connectivity index (χ0) is 22.9. The van der Waals surface area contributed by atoms with Gasteiger partial charge in [0, 0.05) is 31.3 Å². The van der Waals surface area contributed by atoms with Gasteiger partial charge in [0.15, 0.2) is 0 Å². The summed E-state index contributed by atoms with van der Waals surface area (Å²) in [5.74, 6) is 0.518. The van der Waals surface area contributed by atoms with Gasteiger partial charge in [-0.1, -0.05) is 12.1 Å². The first-order valence-corrected chi connectivity index (χ1v) is 10.1. The maximum absolute atomic E-state index is 12.8. The minimum Gasteiger partial charge on any atom is -0.397 e. The summed E-state index contributed by atoms with van der Waals surface area (Å²) in [6, 6.07) is 7.43. The summed E-state index contributed by atoms with van der Waals surface area (Å²) in [5, 5.41) is 13.0. The minimum absolute atomic E-state index is 0.347. The lowest BCUT2D eigenvalue weighted by molar-refractivity contribution is -0.141. The lowest BCUT2D eigenvalue weighted by atomic mass is 10.0. The third kappa shape index (κ3) is 4.45. The van der Waals surface area contributed by atoms with Crippen LogP contribution in [-0.2, 0) is 19.1 Å². The van der Waals surface area contributed by atoms with Gasteiger partial charge in [0.2, 0.25) is 0 Å². The molecule has 4 rings (SSSR count). The number of nitrogens with two attached hydrogens (primary N) is 1. The number of pyridine rings is 1. The van der Waals surface area contributed by atoms with Crippen molar-refractivity contribution in [1.82, 2.24) is 15.0 Å². The van der Waals surface area contributed by atoms with E-state index in [1.807, 2.05) is 25.1 Å². The van der Waals surface area contributed by atoms with Gasteiger partial charge in [0.05, 0.1) is 29.7 Å². The third-order valence-electron chi connectivity index (χ3n) is 5.50. The molecule has 0 spiro atoms. The van der Waals surface area contributed by atoms with Crippen LogP contribution < -0.4 is 16.0 Å². The molecule has 0 fully saturated rings. The Morgan fingerprint density at radius 3 is 2.66 bits per heavy atom. The van der Waals surface area contributed by atoms with Gasteiger partial charge < -0.3 is 21.1 Å². The van der Waals surface area contributed by atoms with E-state index in [2.05, 4.69) is 25.2 Å². The molecule has 0 radical (unpaired) electrons. The molecule has 168 valence electrons. The van der Waals surface area contributed by atoms with Crippen molar-refractivity contribution in [3.8, 4) is 0 Å². The quantitative estimate of drug-likeness (QED) is 0.518. The number of anilines is 3. The van der Waals surface area contributed by atoms with Gasteiger partial charge >= 0.3 is 6.18 Å². The molecule has 7 nitrogen and oxygen atoms in total. The Labute approximate surface area is 183 Å². The summed E-state index contributed by atoms with van der Waals surface area (Å²) >= 11 is 0. The van der Waals surface area contributed by atoms with Crippen LogP contribution in [0.2, 0.25) is 0 Å². The number of nitrogens with zero attached hydrogens (tertiary/aromatic N) is 4. The number of aliphatic hydroxyl groups excluding tert-OH is 1. The summed E-state index contributed by atoms with van der Waals surface area (Å²) in [6.45, 7) is 2.88. The Balaban J connectivity index is 1.59. The van der Waals surface area contributed by atoms with Crippen molar-refractivity contribution in [2.45, 2.75) is 32.1 Å². The number of nitrogens with one attached hydrogen (secondary N) is 1. The fraction of sp³-hybridized carbons (Fsp3) is 0.318. The highest BCUT2D eigenvalue weighted by Crippen LogP contribution is 2.33. The standard InChI is InChI=1S/C22H23F3N6O/c1-13-2-4-19(16(26)8-13)31-7-6-17-15(10-31)21(29-12-28-17)30-18(11-32)14-3-5-20(27-9-14)22(23,24)25/h2-5,8-9,12,18,32H,6-7,10-11,26H2,1H3,(H,28,29,30)/t18-/m1/s1. The topological polar surface area (TPSA) is 100 Å². The van der Waals surface area contributed by atoms with E-state index in [0.717, 1.165) is 41.3 Å². The second-order valence-electron chi connectivity index (χ2n) is 7.74. The number of aromatic nitrogens is 3. The number of halogens is 3. The van der Waals surface area contributed by atoms with E-state index in [4.69, 9.17) is 5.73 Å². The first kappa shape index (κ1) is 21.8. The number of fused-ring (bicyclic) bond motifs is 1. The Kier molecular flexibility index (Phi) is 5.88. The van der Waals surface area contributed by atoms with Crippen LogP contribution >= 0.6 is 0 Å². The largest absolute Gasteiger partial charge is 0.433 e. The lowest BCUT2D eigenvalue weighted by Gasteiger charge is -2.32. The maximum Gasteiger partial charge on any atom is 0.433 e. The average Bonchev–Trinajstić information content (AvgIpc) is 2.77. The zero-order valence-electron chi connectivity index (χ0n) is 17.4. The van der Waals surface area contributed by atoms with E-state index in [0.29, 0.717) is 30.0 Å². The van der Waals surface area contributed by atoms with E-state index < -0.39 is 17.9 Å². The number of aryl methyl sites for hydroxylation is 1. The second kappa shape index (κ2) is 8.62. The molecule has 0 amide bonds. The van der Waals surface area contributed by atoms with Crippen molar-refractivity contribution < 1.29 is 18.3 Å². The Bertz CT molecular complexity index is 1100. The van der Waals surface area contributed by atoms with E-state index >= 15 is 0 Å². The smallest absolute Gasteiger partial charge is 0.397 e. The average molecular weight is 444 g/mol. The molecule has 4 N–H and O–H groups in total. The molecule has 1 aliphatic heterocycles. The molecule has 0 aliphatic carbocycles. The Hall–Kier alpha value is -3.40. The van der Waals surface area contributed by atoms with Crippen molar-refractivity contribution in [3.63, 3.8) is 0 Å². The van der Waals surface area contributed by atoms with Crippen molar-refractivity contribution in [3.05, 3.63) is 70.9 Å². The summed E-state index contributed by atoms with van der Waals surface area (Å²) in [5.41, 5.74) is 10.1. The normalized spacial score (nSPS) is 14.7. The van der Waals surface area contributed by atoms with Crippen LogP contribution in [0.15, 0.2) is 42.9 Å². The maximum atomic E-state index is 12.8. The van der Waals surface area contributed by atoms with Crippen LogP contribution in [0.1, 0.15) is 34.1 Å². The highest BCUT2D eigenvalue weighted by atomic mass is 19.4. The molecule has 1 atom stereocenters. The third-order valence-corrected chi connectivity index (χ3v) is 5.50. The Morgan fingerprint density at radius 1 is 1.19 bits per heavy atom. The second-order valence-corrected chi connectivity index (χ2v) is 7.74. The molecule has 1 aliphatic rings. The van der Waals surface area contributed by atoms with Gasteiger partial charge in [-0.05, 0) is 36.2 Å². The van der Waals surface area contributed by atoms with Crippen LogP contribution in [-0.4, -0.2) is 33.2 Å². The molecule has 2 aromatic heterocycles. The molecular weight excluding hydrogens is 421 g/mol. The zero-order valence-corrected chi connectivity index (χ0v) is 17.4. The highest BCUT2D eigenvalue weighted by Gasteiger charge is 2.32. The molecule has 3 heterocycles. The number of rotatable bonds is 5. The van der Waals surface area contributed by atoms with Crippen LogP contribution in [0, 0.1) is 6.92 Å². The van der Waals surface area contributed by atoms with Crippen LogP contribution in [0.3, 0.4) is 0 Å². The SMILES string of the molecule is Cc1ccc(N2CCc3ncnc(N[C@H](CO)c4ccc(C(F)(F)F)nc4)c3C2)c(N)c1. The molecule has 0 saturated carbocycles. The van der Waals surface area contributed by atoms with Gasteiger partial charge in [-0.3, -0.25) is 4.98 Å². The minimum atomic E-state index is -4.52. The van der Waals surface area contributed by atoms with Gasteiger partial charge in [-0.25, -0.2) is 9.97 Å². The van der Waals surface area contributed by atoms with Crippen LogP contribution in [0.4, 0.5) is 30.4 Å². The van der Waals surface area contributed by atoms with E-state index in [9.17, 15) is 18.3 Å². The molecule has 0 saturated heterocycles. The van der Waals surface area contributed by atoms with Crippen molar-refractivity contribution in [1.29, 1.82) is 0 Å². The highest BCUT2D eigenvalue weighted by molar-refractivity contribution is 5.69. The number of hydrogen-bond donors (Lipinski definition) is 3. The van der Waals surface area contributed by atoms with E-state index in [-0.39, 0.29) is 6.61 Å². The van der Waals surface area contributed by atoms with Gasteiger partial charge in [-0.15, -0.1) is 0 Å². The molecule has 3 aromatic rings. The van der Waals surface area contributed by atoms with Gasteiger partial charge in [0.25, 0.3) is 0 Å². The summed E-state index contributed by atoms with van der Waals surface area (Å²) in [4.78, 5) is 14.3. The first-order valence-electron chi connectivity index (χ1n) is 10.1. The molecule has 0 bridgehead atoms. The number of aliphatic hydroxyl groups is 1. The van der Waals surface area contributed by atoms with Crippen molar-refractivity contribution >= 4 is 17.2 Å². The molecule has 32 heavy (non-hydrogen) atoms. The predicted molar refractivity (Wildman–Crippen MR) is 115 cm³/mol. The number of benzene rings is 1. The Morgan fingerprint density at radius 2 is 2.00 bits per heavy atom. The summed E-state index contributed by atoms with van der Waals surface area (Å²) in [6.07, 6.45) is -1.28. The molecular formula is C22H23F3N6O. The van der Waals surface area contributed by atoms with E-state index in [1.165, 1.54) is 12.4 Å². The van der Waals surface area contributed by atoms with Crippen LogP contribution in [0.25, 0.3) is 0 Å². The fourth-order valence-corrected chi connectivity index (χ4v) is 3.81. The molecule has 10 heteroatoms. The number of alkyl halides is 3. The predicted octanol–water partition coefficient (Wildman–Crippen LogP) is 3.49. The number of hydrogen-bond acceptors (Lipinski definition) is 7. The summed E-state index contributed by atoms with van der Waals surface area (Å²) < 4.78 is 38.4. The molecule has 1 aromatic carbocycles. The van der Waals surface area contributed by atoms with Crippen molar-refractivity contribution in [2.75, 3.05) is 29.1 Å². The lowest BCUT2D eigenvalue weighted by Crippen LogP contribution is -2.33. The van der Waals surface area contributed by atoms with Gasteiger partial charge in [0.1, 0.15) is 17.8 Å². The number of nitrogen functional groups attached to an aromatic ring is 1.